The Labute approximate surface area is 136 Å². The zero-order valence-electron chi connectivity index (χ0n) is 11.6. The molecule has 0 radical (unpaired) electrons. The zero-order valence-corrected chi connectivity index (χ0v) is 13.2. The fraction of sp³-hybridized carbons (Fsp3) is 0.333. The smallest absolute Gasteiger partial charge is 0.272 e. The molecule has 21 heavy (non-hydrogen) atoms. The van der Waals surface area contributed by atoms with E-state index >= 15 is 0 Å². The Morgan fingerprint density at radius 1 is 1.24 bits per heavy atom. The summed E-state index contributed by atoms with van der Waals surface area (Å²) >= 11 is 0. The molecular weight excluding hydrogens is 309 g/mol. The number of fused-ring (bicyclic) bond motifs is 1. The maximum absolute atomic E-state index is 12.4. The van der Waals surface area contributed by atoms with Gasteiger partial charge in [0.25, 0.3) is 5.91 Å². The number of nitrogens with zero attached hydrogens (tertiary/aromatic N) is 2. The van der Waals surface area contributed by atoms with Gasteiger partial charge in [0.15, 0.2) is 0 Å². The number of nitrogens with two attached hydrogens (primary N) is 1. The fourth-order valence-corrected chi connectivity index (χ4v) is 2.56. The van der Waals surface area contributed by atoms with Crippen molar-refractivity contribution in [2.45, 2.75) is 6.42 Å². The molecule has 2 heterocycles. The first-order chi connectivity index (χ1) is 9.28. The highest BCUT2D eigenvalue weighted by Crippen LogP contribution is 2.18. The van der Waals surface area contributed by atoms with Crippen molar-refractivity contribution in [3.63, 3.8) is 0 Å². The minimum Gasteiger partial charge on any atom is -0.337 e. The molecule has 0 aliphatic carbocycles. The van der Waals surface area contributed by atoms with Crippen LogP contribution in [0.3, 0.4) is 0 Å². The van der Waals surface area contributed by atoms with Gasteiger partial charge in [0, 0.05) is 18.5 Å². The first kappa shape index (κ1) is 17.7. The van der Waals surface area contributed by atoms with E-state index in [4.69, 9.17) is 5.73 Å². The van der Waals surface area contributed by atoms with Crippen LogP contribution >= 0.6 is 24.8 Å². The largest absolute Gasteiger partial charge is 0.337 e. The third kappa shape index (κ3) is 3.64. The number of hydrogen-bond donors (Lipinski definition) is 1. The standard InChI is InChI=1S/C15H17N3O.2ClH/c16-9-11-7-8-18(10-11)15(19)14-6-5-12-3-1-2-4-13(12)17-14;;/h1-6,11H,7-10,16H2;2*1H. The Morgan fingerprint density at radius 3 is 2.71 bits per heavy atom. The van der Waals surface area contributed by atoms with E-state index in [-0.39, 0.29) is 30.7 Å². The van der Waals surface area contributed by atoms with Gasteiger partial charge in [0.05, 0.1) is 5.52 Å². The number of carbonyl (C=O) groups excluding carboxylic acids is 1. The number of carbonyl (C=O) groups is 1. The SMILES string of the molecule is Cl.Cl.NCC1CCN(C(=O)c2ccc3ccccc3n2)C1. The second-order valence-electron chi connectivity index (χ2n) is 5.03. The molecule has 1 saturated heterocycles. The highest BCUT2D eigenvalue weighted by molar-refractivity contribution is 5.95. The van der Waals surface area contributed by atoms with Crippen LogP contribution in [0.5, 0.6) is 0 Å². The first-order valence-electron chi connectivity index (χ1n) is 6.63. The van der Waals surface area contributed by atoms with Crippen LogP contribution in [0.4, 0.5) is 0 Å². The van der Waals surface area contributed by atoms with Gasteiger partial charge < -0.3 is 10.6 Å². The van der Waals surface area contributed by atoms with Gasteiger partial charge in [-0.2, -0.15) is 0 Å². The van der Waals surface area contributed by atoms with E-state index in [0.717, 1.165) is 30.4 Å². The number of aromatic nitrogens is 1. The Bertz CT molecular complexity index is 621. The van der Waals surface area contributed by atoms with Crippen molar-refractivity contribution in [2.75, 3.05) is 19.6 Å². The molecule has 1 unspecified atom stereocenters. The Morgan fingerprint density at radius 2 is 2.00 bits per heavy atom. The molecule has 1 amide bonds. The Balaban J connectivity index is 0.00000110. The molecule has 1 aromatic carbocycles. The number of likely N-dealkylation sites (tertiary alicyclic amines) is 1. The van der Waals surface area contributed by atoms with Crippen molar-refractivity contribution in [1.29, 1.82) is 0 Å². The molecule has 0 spiro atoms. The average Bonchev–Trinajstić information content (AvgIpc) is 2.95. The minimum absolute atomic E-state index is 0. The average molecular weight is 328 g/mol. The van der Waals surface area contributed by atoms with Crippen molar-refractivity contribution in [3.8, 4) is 0 Å². The van der Waals surface area contributed by atoms with Crippen molar-refractivity contribution in [2.24, 2.45) is 11.7 Å². The van der Waals surface area contributed by atoms with Crippen LogP contribution in [-0.4, -0.2) is 35.4 Å². The van der Waals surface area contributed by atoms with Crippen molar-refractivity contribution in [3.05, 3.63) is 42.1 Å². The molecule has 0 bridgehead atoms. The Hall–Kier alpha value is -1.36. The van der Waals surface area contributed by atoms with Gasteiger partial charge in [-0.3, -0.25) is 4.79 Å². The molecule has 6 heteroatoms. The quantitative estimate of drug-likeness (QED) is 0.921. The van der Waals surface area contributed by atoms with Crippen LogP contribution in [0.2, 0.25) is 0 Å². The van der Waals surface area contributed by atoms with E-state index in [2.05, 4.69) is 4.98 Å². The lowest BCUT2D eigenvalue weighted by molar-refractivity contribution is 0.0782. The van der Waals surface area contributed by atoms with Crippen LogP contribution in [0.15, 0.2) is 36.4 Å². The van der Waals surface area contributed by atoms with Gasteiger partial charge in [0.1, 0.15) is 5.69 Å². The van der Waals surface area contributed by atoms with Crippen LogP contribution in [-0.2, 0) is 0 Å². The predicted molar refractivity (Wildman–Crippen MR) is 89.3 cm³/mol. The molecule has 4 nitrogen and oxygen atoms in total. The number of pyridine rings is 1. The number of amides is 1. The zero-order chi connectivity index (χ0) is 13.2. The summed E-state index contributed by atoms with van der Waals surface area (Å²) in [6.45, 7) is 2.19. The van der Waals surface area contributed by atoms with Gasteiger partial charge >= 0.3 is 0 Å². The molecule has 1 atom stereocenters. The maximum Gasteiger partial charge on any atom is 0.272 e. The van der Waals surface area contributed by atoms with Gasteiger partial charge in [0.2, 0.25) is 0 Å². The molecule has 3 rings (SSSR count). The summed E-state index contributed by atoms with van der Waals surface area (Å²) in [4.78, 5) is 18.7. The highest BCUT2D eigenvalue weighted by Gasteiger charge is 2.26. The summed E-state index contributed by atoms with van der Waals surface area (Å²) in [5.74, 6) is 0.450. The predicted octanol–water partition coefficient (Wildman–Crippen LogP) is 2.50. The van der Waals surface area contributed by atoms with Gasteiger partial charge in [-0.25, -0.2) is 4.98 Å². The number of halogens is 2. The minimum atomic E-state index is 0. The molecule has 1 aromatic heterocycles. The van der Waals surface area contributed by atoms with E-state index < -0.39 is 0 Å². The lowest BCUT2D eigenvalue weighted by Crippen LogP contribution is -2.30. The van der Waals surface area contributed by atoms with Gasteiger partial charge in [-0.15, -0.1) is 24.8 Å². The summed E-state index contributed by atoms with van der Waals surface area (Å²) in [5.41, 5.74) is 7.04. The maximum atomic E-state index is 12.4. The summed E-state index contributed by atoms with van der Waals surface area (Å²) in [7, 11) is 0. The molecule has 2 aromatic rings. The monoisotopic (exact) mass is 327 g/mol. The number of hydrogen-bond acceptors (Lipinski definition) is 3. The number of benzene rings is 1. The second-order valence-corrected chi connectivity index (χ2v) is 5.03. The summed E-state index contributed by atoms with van der Waals surface area (Å²) in [6.07, 6.45) is 0.996. The molecular formula is C15H19Cl2N3O. The van der Waals surface area contributed by atoms with Crippen LogP contribution in [0.25, 0.3) is 10.9 Å². The summed E-state index contributed by atoms with van der Waals surface area (Å²) in [5, 5.41) is 1.06. The molecule has 0 saturated carbocycles. The first-order valence-corrected chi connectivity index (χ1v) is 6.63. The van der Waals surface area contributed by atoms with Crippen molar-refractivity contribution < 1.29 is 4.79 Å². The molecule has 2 N–H and O–H groups in total. The normalized spacial score (nSPS) is 17.2. The number of rotatable bonds is 2. The second kappa shape index (κ2) is 7.59. The molecule has 1 aliphatic heterocycles. The Kier molecular flexibility index (Phi) is 6.40. The summed E-state index contributed by atoms with van der Waals surface area (Å²) < 4.78 is 0. The number of para-hydroxylation sites is 1. The third-order valence-electron chi connectivity index (χ3n) is 3.72. The van der Waals surface area contributed by atoms with Gasteiger partial charge in [-0.05, 0) is 31.0 Å². The third-order valence-corrected chi connectivity index (χ3v) is 3.72. The van der Waals surface area contributed by atoms with E-state index in [1.807, 2.05) is 35.2 Å². The van der Waals surface area contributed by atoms with Crippen LogP contribution in [0, 0.1) is 5.92 Å². The van der Waals surface area contributed by atoms with Crippen LogP contribution < -0.4 is 5.73 Å². The van der Waals surface area contributed by atoms with E-state index in [1.165, 1.54) is 0 Å². The van der Waals surface area contributed by atoms with E-state index in [0.29, 0.717) is 18.2 Å². The van der Waals surface area contributed by atoms with E-state index in [9.17, 15) is 4.79 Å². The molecule has 1 fully saturated rings. The van der Waals surface area contributed by atoms with E-state index in [1.54, 1.807) is 6.07 Å². The summed E-state index contributed by atoms with van der Waals surface area (Å²) in [6, 6.07) is 11.6. The lowest BCUT2D eigenvalue weighted by Gasteiger charge is -2.15. The lowest BCUT2D eigenvalue weighted by atomic mass is 10.1. The topological polar surface area (TPSA) is 59.2 Å². The fourth-order valence-electron chi connectivity index (χ4n) is 2.56. The molecule has 1 aliphatic rings. The molecule has 114 valence electrons. The van der Waals surface area contributed by atoms with Crippen molar-refractivity contribution >= 4 is 41.6 Å². The van der Waals surface area contributed by atoms with Gasteiger partial charge in [-0.1, -0.05) is 24.3 Å². The van der Waals surface area contributed by atoms with Crippen LogP contribution in [0.1, 0.15) is 16.9 Å². The highest BCUT2D eigenvalue weighted by atomic mass is 35.5. The van der Waals surface area contributed by atoms with Crippen molar-refractivity contribution in [1.82, 2.24) is 9.88 Å².